The molecule has 3 rings (SSSR count). The lowest BCUT2D eigenvalue weighted by atomic mass is 10.1. The van der Waals surface area contributed by atoms with Crippen LogP contribution in [0.5, 0.6) is 0 Å². The number of rotatable bonds is 2. The SMILES string of the molecule is COCc1nc2cc(C#Cc3ccccn3)ccc2c(=O)n1C. The van der Waals surface area contributed by atoms with Crippen LogP contribution in [0.25, 0.3) is 10.9 Å². The van der Waals surface area contributed by atoms with E-state index in [9.17, 15) is 4.79 Å². The van der Waals surface area contributed by atoms with Gasteiger partial charge in [-0.2, -0.15) is 0 Å². The van der Waals surface area contributed by atoms with E-state index in [1.54, 1.807) is 26.4 Å². The van der Waals surface area contributed by atoms with Gasteiger partial charge in [-0.1, -0.05) is 12.0 Å². The van der Waals surface area contributed by atoms with Crippen molar-refractivity contribution in [2.75, 3.05) is 7.11 Å². The van der Waals surface area contributed by atoms with Crippen LogP contribution < -0.4 is 5.56 Å². The zero-order chi connectivity index (χ0) is 16.2. The zero-order valence-electron chi connectivity index (χ0n) is 12.9. The number of methoxy groups -OCH3 is 1. The Labute approximate surface area is 133 Å². The smallest absolute Gasteiger partial charge is 0.261 e. The number of pyridine rings is 1. The largest absolute Gasteiger partial charge is 0.377 e. The molecule has 23 heavy (non-hydrogen) atoms. The molecule has 0 N–H and O–H groups in total. The Kier molecular flexibility index (Phi) is 4.18. The van der Waals surface area contributed by atoms with Crippen molar-refractivity contribution < 1.29 is 4.74 Å². The number of aromatic nitrogens is 3. The molecule has 0 saturated carbocycles. The Morgan fingerprint density at radius 3 is 2.83 bits per heavy atom. The molecule has 0 spiro atoms. The van der Waals surface area contributed by atoms with Gasteiger partial charge in [0.05, 0.1) is 10.9 Å². The molecule has 0 amide bonds. The van der Waals surface area contributed by atoms with Crippen LogP contribution in [0.4, 0.5) is 0 Å². The molecule has 3 aromatic rings. The molecule has 0 aliphatic heterocycles. The first-order valence-electron chi connectivity index (χ1n) is 7.10. The molecule has 114 valence electrons. The van der Waals surface area contributed by atoms with Crippen molar-refractivity contribution in [2.24, 2.45) is 7.05 Å². The molecule has 0 saturated heterocycles. The van der Waals surface area contributed by atoms with Crippen LogP contribution >= 0.6 is 0 Å². The molecule has 0 aliphatic rings. The Balaban J connectivity index is 2.07. The van der Waals surface area contributed by atoms with Crippen LogP contribution in [-0.4, -0.2) is 21.6 Å². The van der Waals surface area contributed by atoms with Gasteiger partial charge in [-0.25, -0.2) is 9.97 Å². The third-order valence-electron chi connectivity index (χ3n) is 3.44. The average Bonchev–Trinajstić information content (AvgIpc) is 2.58. The maximum atomic E-state index is 12.3. The van der Waals surface area contributed by atoms with Crippen molar-refractivity contribution >= 4 is 10.9 Å². The van der Waals surface area contributed by atoms with Gasteiger partial charge in [0.25, 0.3) is 5.56 Å². The quantitative estimate of drug-likeness (QED) is 0.678. The van der Waals surface area contributed by atoms with E-state index in [0.717, 1.165) is 5.56 Å². The molecule has 0 bridgehead atoms. The summed E-state index contributed by atoms with van der Waals surface area (Å²) >= 11 is 0. The Morgan fingerprint density at radius 2 is 2.09 bits per heavy atom. The average molecular weight is 305 g/mol. The van der Waals surface area contributed by atoms with Gasteiger partial charge < -0.3 is 4.74 Å². The number of hydrogen-bond donors (Lipinski definition) is 0. The molecule has 0 radical (unpaired) electrons. The monoisotopic (exact) mass is 305 g/mol. The standard InChI is InChI=1S/C18H15N3O2/c1-21-17(12-23-2)20-16-11-13(7-9-15(16)18(21)22)6-8-14-5-3-4-10-19-14/h3-5,7,9-11H,12H2,1-2H3. The molecule has 2 heterocycles. The van der Waals surface area contributed by atoms with Gasteiger partial charge in [-0.15, -0.1) is 0 Å². The summed E-state index contributed by atoms with van der Waals surface area (Å²) in [6, 6.07) is 11.0. The van der Waals surface area contributed by atoms with Crippen molar-refractivity contribution in [1.82, 2.24) is 14.5 Å². The lowest BCUT2D eigenvalue weighted by Gasteiger charge is -2.08. The van der Waals surface area contributed by atoms with E-state index in [1.807, 2.05) is 30.3 Å². The minimum Gasteiger partial charge on any atom is -0.377 e. The first-order chi connectivity index (χ1) is 11.2. The Morgan fingerprint density at radius 1 is 1.22 bits per heavy atom. The summed E-state index contributed by atoms with van der Waals surface area (Å²) in [5, 5.41) is 0.565. The van der Waals surface area contributed by atoms with Gasteiger partial charge in [0.1, 0.15) is 18.1 Å². The van der Waals surface area contributed by atoms with E-state index in [1.165, 1.54) is 4.57 Å². The molecule has 0 atom stereocenters. The van der Waals surface area contributed by atoms with Crippen molar-refractivity contribution in [1.29, 1.82) is 0 Å². The van der Waals surface area contributed by atoms with E-state index in [2.05, 4.69) is 21.8 Å². The summed E-state index contributed by atoms with van der Waals surface area (Å²) < 4.78 is 6.59. The fourth-order valence-electron chi connectivity index (χ4n) is 2.23. The highest BCUT2D eigenvalue weighted by Gasteiger charge is 2.08. The van der Waals surface area contributed by atoms with Crippen LogP contribution in [0.2, 0.25) is 0 Å². The second-order valence-electron chi connectivity index (χ2n) is 5.02. The predicted octanol–water partition coefficient (Wildman–Crippen LogP) is 1.87. The third-order valence-corrected chi connectivity index (χ3v) is 3.44. The lowest BCUT2D eigenvalue weighted by Crippen LogP contribution is -2.22. The molecular weight excluding hydrogens is 290 g/mol. The maximum Gasteiger partial charge on any atom is 0.261 e. The van der Waals surface area contributed by atoms with E-state index in [4.69, 9.17) is 4.74 Å². The Bertz CT molecular complexity index is 966. The number of fused-ring (bicyclic) bond motifs is 1. The fraction of sp³-hybridized carbons (Fsp3) is 0.167. The lowest BCUT2D eigenvalue weighted by molar-refractivity contribution is 0.174. The summed E-state index contributed by atoms with van der Waals surface area (Å²) in [6.07, 6.45) is 1.70. The van der Waals surface area contributed by atoms with Gasteiger partial charge in [0.15, 0.2) is 0 Å². The normalized spacial score (nSPS) is 10.3. The molecular formula is C18H15N3O2. The highest BCUT2D eigenvalue weighted by molar-refractivity contribution is 5.79. The van der Waals surface area contributed by atoms with E-state index in [-0.39, 0.29) is 12.2 Å². The van der Waals surface area contributed by atoms with Gasteiger partial charge in [-0.05, 0) is 36.3 Å². The summed E-state index contributed by atoms with van der Waals surface area (Å²) in [6.45, 7) is 0.283. The van der Waals surface area contributed by atoms with Gasteiger partial charge >= 0.3 is 0 Å². The summed E-state index contributed by atoms with van der Waals surface area (Å²) in [5.74, 6) is 6.62. The zero-order valence-corrected chi connectivity index (χ0v) is 12.9. The third kappa shape index (κ3) is 3.12. The van der Waals surface area contributed by atoms with E-state index < -0.39 is 0 Å². The van der Waals surface area contributed by atoms with Crippen LogP contribution in [0, 0.1) is 11.8 Å². The molecule has 5 nitrogen and oxygen atoms in total. The number of hydrogen-bond acceptors (Lipinski definition) is 4. The van der Waals surface area contributed by atoms with Crippen molar-refractivity contribution in [3.05, 3.63) is 70.0 Å². The summed E-state index contributed by atoms with van der Waals surface area (Å²) in [7, 11) is 3.27. The van der Waals surface area contributed by atoms with Gasteiger partial charge in [0, 0.05) is 25.9 Å². The van der Waals surface area contributed by atoms with Crippen LogP contribution in [-0.2, 0) is 18.4 Å². The van der Waals surface area contributed by atoms with Crippen molar-refractivity contribution in [3.8, 4) is 11.8 Å². The fourth-order valence-corrected chi connectivity index (χ4v) is 2.23. The molecule has 5 heteroatoms. The second-order valence-corrected chi connectivity index (χ2v) is 5.02. The van der Waals surface area contributed by atoms with E-state index >= 15 is 0 Å². The molecule has 0 fully saturated rings. The molecule has 1 aromatic carbocycles. The van der Waals surface area contributed by atoms with Gasteiger partial charge in [0.2, 0.25) is 0 Å². The van der Waals surface area contributed by atoms with Crippen molar-refractivity contribution in [3.63, 3.8) is 0 Å². The van der Waals surface area contributed by atoms with Crippen LogP contribution in [0.3, 0.4) is 0 Å². The minimum atomic E-state index is -0.0914. The number of benzene rings is 1. The summed E-state index contributed by atoms with van der Waals surface area (Å²) in [5.41, 5.74) is 2.01. The van der Waals surface area contributed by atoms with Crippen LogP contribution in [0.1, 0.15) is 17.1 Å². The summed E-state index contributed by atoms with van der Waals surface area (Å²) in [4.78, 5) is 21.0. The van der Waals surface area contributed by atoms with E-state index in [0.29, 0.717) is 22.4 Å². The van der Waals surface area contributed by atoms with Crippen LogP contribution in [0.15, 0.2) is 47.4 Å². The highest BCUT2D eigenvalue weighted by Crippen LogP contribution is 2.11. The second kappa shape index (κ2) is 6.42. The molecule has 0 aliphatic carbocycles. The molecule has 0 unspecified atom stereocenters. The first kappa shape index (κ1) is 14.9. The first-order valence-corrected chi connectivity index (χ1v) is 7.10. The van der Waals surface area contributed by atoms with Crippen molar-refractivity contribution in [2.45, 2.75) is 6.61 Å². The number of ether oxygens (including phenoxy) is 1. The maximum absolute atomic E-state index is 12.3. The predicted molar refractivity (Wildman–Crippen MR) is 87.9 cm³/mol. The van der Waals surface area contributed by atoms with Gasteiger partial charge in [-0.3, -0.25) is 9.36 Å². The highest BCUT2D eigenvalue weighted by atomic mass is 16.5. The topological polar surface area (TPSA) is 57.0 Å². The Hall–Kier alpha value is -2.97. The minimum absolute atomic E-state index is 0.0914. The number of nitrogens with zero attached hydrogens (tertiary/aromatic N) is 3. The molecule has 2 aromatic heterocycles.